The van der Waals surface area contributed by atoms with E-state index in [-0.39, 0.29) is 11.5 Å². The SMILES string of the molecule is CC.COCCCOc1cc2c(nc1C1CC1)-c1cc(=O)c(C(=O)O)cn1C(C)(C(C)C)C2. The third-order valence-corrected chi connectivity index (χ3v) is 6.68. The van der Waals surface area contributed by atoms with Gasteiger partial charge in [0.25, 0.3) is 0 Å². The molecule has 4 rings (SSSR count). The Kier molecular flexibility index (Phi) is 7.62. The molecule has 1 aliphatic heterocycles. The number of aromatic carboxylic acids is 1. The lowest BCUT2D eigenvalue weighted by Gasteiger charge is -2.42. The van der Waals surface area contributed by atoms with Crippen LogP contribution in [0.3, 0.4) is 0 Å². The van der Waals surface area contributed by atoms with Gasteiger partial charge in [-0.15, -0.1) is 0 Å². The van der Waals surface area contributed by atoms with Gasteiger partial charge in [0, 0.05) is 43.9 Å². The van der Waals surface area contributed by atoms with E-state index in [2.05, 4.69) is 26.8 Å². The molecule has 0 amide bonds. The number of hydrogen-bond acceptors (Lipinski definition) is 5. The molecule has 2 aliphatic rings. The molecule has 7 nitrogen and oxygen atoms in total. The van der Waals surface area contributed by atoms with Crippen LogP contribution in [0.5, 0.6) is 5.75 Å². The second kappa shape index (κ2) is 10.1. The molecule has 0 bridgehead atoms. The lowest BCUT2D eigenvalue weighted by Crippen LogP contribution is -2.43. The summed E-state index contributed by atoms with van der Waals surface area (Å²) in [6.07, 6.45) is 5.14. The summed E-state index contributed by atoms with van der Waals surface area (Å²) in [6, 6.07) is 3.52. The van der Waals surface area contributed by atoms with Crippen molar-refractivity contribution in [1.82, 2.24) is 9.55 Å². The first kappa shape index (κ1) is 25.0. The average molecular weight is 457 g/mol. The number of ether oxygens (including phenoxy) is 2. The molecule has 1 N–H and O–H groups in total. The molecule has 33 heavy (non-hydrogen) atoms. The van der Waals surface area contributed by atoms with Crippen molar-refractivity contribution >= 4 is 5.97 Å². The van der Waals surface area contributed by atoms with Crippen LogP contribution in [0.25, 0.3) is 11.4 Å². The molecule has 2 aromatic heterocycles. The summed E-state index contributed by atoms with van der Waals surface area (Å²) in [4.78, 5) is 29.2. The number of carboxylic acids is 1. The molecule has 1 unspecified atom stereocenters. The highest BCUT2D eigenvalue weighted by Gasteiger charge is 2.40. The van der Waals surface area contributed by atoms with Crippen LogP contribution < -0.4 is 10.2 Å². The van der Waals surface area contributed by atoms with E-state index in [0.717, 1.165) is 42.0 Å². The molecule has 0 radical (unpaired) electrons. The number of aromatic nitrogens is 2. The second-order valence-electron chi connectivity index (χ2n) is 9.15. The van der Waals surface area contributed by atoms with Gasteiger partial charge < -0.3 is 19.1 Å². The van der Waals surface area contributed by atoms with Gasteiger partial charge in [-0.2, -0.15) is 0 Å². The predicted molar refractivity (Wildman–Crippen MR) is 128 cm³/mol. The zero-order valence-corrected chi connectivity index (χ0v) is 20.6. The van der Waals surface area contributed by atoms with Crippen molar-refractivity contribution in [3.8, 4) is 17.1 Å². The van der Waals surface area contributed by atoms with E-state index in [1.54, 1.807) is 7.11 Å². The van der Waals surface area contributed by atoms with Gasteiger partial charge in [-0.05, 0) is 43.7 Å². The fourth-order valence-corrected chi connectivity index (χ4v) is 4.31. The number of nitrogens with zero attached hydrogens (tertiary/aromatic N) is 2. The average Bonchev–Trinajstić information content (AvgIpc) is 3.62. The van der Waals surface area contributed by atoms with E-state index < -0.39 is 16.9 Å². The highest BCUT2D eigenvalue weighted by molar-refractivity contribution is 5.87. The molecule has 180 valence electrons. The van der Waals surface area contributed by atoms with Crippen LogP contribution in [0.15, 0.2) is 23.1 Å². The van der Waals surface area contributed by atoms with E-state index in [1.165, 1.54) is 12.3 Å². The molecular formula is C26H36N2O5. The third kappa shape index (κ3) is 4.83. The first-order chi connectivity index (χ1) is 15.8. The Hall–Kier alpha value is -2.67. The van der Waals surface area contributed by atoms with Gasteiger partial charge >= 0.3 is 5.97 Å². The smallest absolute Gasteiger partial charge is 0.341 e. The summed E-state index contributed by atoms with van der Waals surface area (Å²) in [5.41, 5.74) is 2.32. The molecule has 3 heterocycles. The first-order valence-corrected chi connectivity index (χ1v) is 11.9. The van der Waals surface area contributed by atoms with Crippen molar-refractivity contribution < 1.29 is 19.4 Å². The fourth-order valence-electron chi connectivity index (χ4n) is 4.31. The number of rotatable bonds is 8. The summed E-state index contributed by atoms with van der Waals surface area (Å²) < 4.78 is 13.2. The van der Waals surface area contributed by atoms with Crippen molar-refractivity contribution in [2.45, 2.75) is 71.8 Å². The van der Waals surface area contributed by atoms with Crippen molar-refractivity contribution in [2.24, 2.45) is 5.92 Å². The highest BCUT2D eigenvalue weighted by Crippen LogP contribution is 2.47. The molecule has 1 saturated carbocycles. The Morgan fingerprint density at radius 2 is 1.97 bits per heavy atom. The maximum Gasteiger partial charge on any atom is 0.341 e. The summed E-state index contributed by atoms with van der Waals surface area (Å²) in [5.74, 6) is 0.197. The number of carboxylic acid groups (broad SMARTS) is 1. The minimum absolute atomic E-state index is 0.206. The molecule has 1 fully saturated rings. The molecule has 0 spiro atoms. The normalized spacial score (nSPS) is 18.8. The molecule has 0 aromatic carbocycles. The Morgan fingerprint density at radius 1 is 1.27 bits per heavy atom. The van der Waals surface area contributed by atoms with E-state index in [0.29, 0.717) is 31.2 Å². The van der Waals surface area contributed by atoms with Gasteiger partial charge in [0.2, 0.25) is 0 Å². The largest absolute Gasteiger partial charge is 0.492 e. The summed E-state index contributed by atoms with van der Waals surface area (Å²) >= 11 is 0. The minimum Gasteiger partial charge on any atom is -0.492 e. The third-order valence-electron chi connectivity index (χ3n) is 6.68. The molecule has 1 aliphatic carbocycles. The van der Waals surface area contributed by atoms with Crippen molar-refractivity contribution in [1.29, 1.82) is 0 Å². The molecule has 0 saturated heterocycles. The molecular weight excluding hydrogens is 420 g/mol. The summed E-state index contributed by atoms with van der Waals surface area (Å²) in [6.45, 7) is 11.5. The molecule has 1 atom stereocenters. The minimum atomic E-state index is -1.20. The van der Waals surface area contributed by atoms with Gasteiger partial charge in [-0.1, -0.05) is 27.7 Å². The lowest BCUT2D eigenvalue weighted by molar-refractivity contribution is 0.0693. The summed E-state index contributed by atoms with van der Waals surface area (Å²) in [7, 11) is 1.68. The maximum atomic E-state index is 12.6. The van der Waals surface area contributed by atoms with Crippen LogP contribution in [0, 0.1) is 5.92 Å². The van der Waals surface area contributed by atoms with Crippen LogP contribution in [-0.4, -0.2) is 41.0 Å². The number of fused-ring (bicyclic) bond motifs is 3. The topological polar surface area (TPSA) is 90.7 Å². The van der Waals surface area contributed by atoms with Crippen molar-refractivity contribution in [2.75, 3.05) is 20.3 Å². The Morgan fingerprint density at radius 3 is 2.55 bits per heavy atom. The zero-order chi connectivity index (χ0) is 24.3. The number of methoxy groups -OCH3 is 1. The zero-order valence-electron chi connectivity index (χ0n) is 20.6. The Balaban J connectivity index is 0.00000149. The monoisotopic (exact) mass is 456 g/mol. The fraction of sp³-hybridized carbons (Fsp3) is 0.577. The van der Waals surface area contributed by atoms with Crippen LogP contribution in [-0.2, 0) is 16.7 Å². The number of pyridine rings is 2. The van der Waals surface area contributed by atoms with Crippen LogP contribution in [0.1, 0.15) is 81.4 Å². The molecule has 7 heteroatoms. The maximum absolute atomic E-state index is 12.6. The van der Waals surface area contributed by atoms with Gasteiger partial charge in [-0.25, -0.2) is 9.78 Å². The van der Waals surface area contributed by atoms with Gasteiger partial charge in [0.05, 0.1) is 23.7 Å². The van der Waals surface area contributed by atoms with Crippen LogP contribution in [0.4, 0.5) is 0 Å². The van der Waals surface area contributed by atoms with Crippen molar-refractivity contribution in [3.63, 3.8) is 0 Å². The van der Waals surface area contributed by atoms with E-state index in [4.69, 9.17) is 14.5 Å². The second-order valence-corrected chi connectivity index (χ2v) is 9.15. The first-order valence-electron chi connectivity index (χ1n) is 11.9. The van der Waals surface area contributed by atoms with E-state index >= 15 is 0 Å². The summed E-state index contributed by atoms with van der Waals surface area (Å²) in [5, 5.41) is 9.50. The molecule has 2 aromatic rings. The van der Waals surface area contributed by atoms with Gasteiger partial charge in [-0.3, -0.25) is 4.79 Å². The van der Waals surface area contributed by atoms with Gasteiger partial charge in [0.1, 0.15) is 11.3 Å². The van der Waals surface area contributed by atoms with E-state index in [9.17, 15) is 14.7 Å². The standard InChI is InChI=1S/C24H30N2O5.C2H6/c1-14(2)24(3)12-16-10-20(31-9-5-8-30-4)22(15-6-7-15)25-21(16)18-11-19(27)17(23(28)29)13-26(18)24;1-2/h10-11,13-15H,5-9,12H2,1-4H3,(H,28,29);1-2H3. The Labute approximate surface area is 195 Å². The lowest BCUT2D eigenvalue weighted by atomic mass is 9.78. The van der Waals surface area contributed by atoms with E-state index in [1.807, 2.05) is 18.4 Å². The van der Waals surface area contributed by atoms with Crippen molar-refractivity contribution in [3.05, 3.63) is 45.4 Å². The number of hydrogen-bond donors (Lipinski definition) is 1. The number of carbonyl (C=O) groups is 1. The van der Waals surface area contributed by atoms with Crippen LogP contribution in [0.2, 0.25) is 0 Å². The predicted octanol–water partition coefficient (Wildman–Crippen LogP) is 4.85. The highest BCUT2D eigenvalue weighted by atomic mass is 16.5. The van der Waals surface area contributed by atoms with Crippen LogP contribution >= 0.6 is 0 Å². The van der Waals surface area contributed by atoms with Gasteiger partial charge in [0.15, 0.2) is 5.43 Å². The Bertz CT molecular complexity index is 1070. The quantitative estimate of drug-likeness (QED) is 0.571.